The molecule has 0 N–H and O–H groups in total. The number of hydrogen-bond acceptors (Lipinski definition) is 5. The van der Waals surface area contributed by atoms with Crippen molar-refractivity contribution >= 4 is 15.9 Å². The number of amides is 1. The summed E-state index contributed by atoms with van der Waals surface area (Å²) in [5.41, 5.74) is 1.35. The lowest BCUT2D eigenvalue weighted by Crippen LogP contribution is -2.46. The van der Waals surface area contributed by atoms with Gasteiger partial charge in [-0.3, -0.25) is 4.79 Å². The van der Waals surface area contributed by atoms with Crippen molar-refractivity contribution in [3.05, 3.63) is 54.1 Å². The predicted octanol–water partition coefficient (Wildman–Crippen LogP) is 3.26. The third-order valence-electron chi connectivity index (χ3n) is 7.03. The molecular formula is C25H30N2O5S. The molecule has 3 heterocycles. The number of benzene rings is 2. The van der Waals surface area contributed by atoms with Crippen LogP contribution in [0.25, 0.3) is 0 Å². The fourth-order valence-corrected chi connectivity index (χ4v) is 6.58. The highest BCUT2D eigenvalue weighted by Gasteiger charge is 2.35. The Morgan fingerprint density at radius 3 is 2.18 bits per heavy atom. The van der Waals surface area contributed by atoms with Crippen LogP contribution in [-0.2, 0) is 14.8 Å². The second kappa shape index (κ2) is 9.35. The monoisotopic (exact) mass is 470 g/mol. The van der Waals surface area contributed by atoms with E-state index in [-0.39, 0.29) is 16.7 Å². The molecule has 0 aromatic heterocycles. The minimum absolute atomic E-state index is 0.106. The molecule has 2 aromatic carbocycles. The molecule has 0 spiro atoms. The van der Waals surface area contributed by atoms with Crippen LogP contribution in [0.3, 0.4) is 0 Å². The SMILES string of the molecule is O=C(C1CCN(S(=O)(=O)c2ccc3c(c2)OCCO3)CC1)N1CCC(c2ccccc2)CC1. The molecule has 2 aromatic rings. The molecule has 0 atom stereocenters. The van der Waals surface area contributed by atoms with Crippen LogP contribution in [0.2, 0.25) is 0 Å². The van der Waals surface area contributed by atoms with Crippen LogP contribution in [0.15, 0.2) is 53.4 Å². The van der Waals surface area contributed by atoms with E-state index in [0.29, 0.717) is 56.6 Å². The molecule has 3 aliphatic rings. The third-order valence-corrected chi connectivity index (χ3v) is 8.93. The standard InChI is InChI=1S/C25H30N2O5S/c28-25(26-12-8-20(9-13-26)19-4-2-1-3-5-19)21-10-14-27(15-11-21)33(29,30)22-6-7-23-24(18-22)32-17-16-31-23/h1-7,18,20-21H,8-17H2. The zero-order valence-corrected chi connectivity index (χ0v) is 19.5. The summed E-state index contributed by atoms with van der Waals surface area (Å²) in [7, 11) is -3.63. The third kappa shape index (κ3) is 4.59. The van der Waals surface area contributed by atoms with Crippen LogP contribution in [0.4, 0.5) is 0 Å². The minimum atomic E-state index is -3.63. The molecule has 0 aliphatic carbocycles. The van der Waals surface area contributed by atoms with Crippen LogP contribution in [-0.4, -0.2) is 62.9 Å². The quantitative estimate of drug-likeness (QED) is 0.686. The Morgan fingerprint density at radius 2 is 1.48 bits per heavy atom. The number of piperidine rings is 2. The lowest BCUT2D eigenvalue weighted by atomic mass is 9.88. The highest BCUT2D eigenvalue weighted by molar-refractivity contribution is 7.89. The van der Waals surface area contributed by atoms with Gasteiger partial charge in [-0.25, -0.2) is 8.42 Å². The second-order valence-electron chi connectivity index (χ2n) is 8.99. The number of carbonyl (C=O) groups is 1. The molecule has 33 heavy (non-hydrogen) atoms. The number of rotatable bonds is 4. The van der Waals surface area contributed by atoms with Crippen LogP contribution < -0.4 is 9.47 Å². The molecule has 7 nitrogen and oxygen atoms in total. The van der Waals surface area contributed by atoms with E-state index in [4.69, 9.17) is 9.47 Å². The predicted molar refractivity (Wildman–Crippen MR) is 124 cm³/mol. The summed E-state index contributed by atoms with van der Waals surface area (Å²) < 4.78 is 38.8. The van der Waals surface area contributed by atoms with Gasteiger partial charge in [0.2, 0.25) is 15.9 Å². The summed E-state index contributed by atoms with van der Waals surface area (Å²) in [5, 5.41) is 0. The molecule has 3 aliphatic heterocycles. The van der Waals surface area contributed by atoms with Gasteiger partial charge in [0.05, 0.1) is 4.90 Å². The molecule has 2 saturated heterocycles. The Kier molecular flexibility index (Phi) is 6.29. The summed E-state index contributed by atoms with van der Waals surface area (Å²) in [5.74, 6) is 1.61. The van der Waals surface area contributed by atoms with Gasteiger partial charge in [0.15, 0.2) is 11.5 Å². The molecule has 8 heteroatoms. The van der Waals surface area contributed by atoms with Gasteiger partial charge in [-0.2, -0.15) is 4.31 Å². The number of carbonyl (C=O) groups excluding carboxylic acids is 1. The van der Waals surface area contributed by atoms with Gasteiger partial charge in [-0.1, -0.05) is 30.3 Å². The van der Waals surface area contributed by atoms with E-state index in [1.54, 1.807) is 12.1 Å². The van der Waals surface area contributed by atoms with Crippen molar-refractivity contribution in [1.82, 2.24) is 9.21 Å². The van der Waals surface area contributed by atoms with Gasteiger partial charge in [0.25, 0.3) is 0 Å². The number of likely N-dealkylation sites (tertiary alicyclic amines) is 1. The van der Waals surface area contributed by atoms with E-state index < -0.39 is 10.0 Å². The lowest BCUT2D eigenvalue weighted by Gasteiger charge is -2.37. The Morgan fingerprint density at radius 1 is 0.818 bits per heavy atom. The van der Waals surface area contributed by atoms with E-state index in [2.05, 4.69) is 24.3 Å². The number of hydrogen-bond donors (Lipinski definition) is 0. The van der Waals surface area contributed by atoms with E-state index in [9.17, 15) is 13.2 Å². The van der Waals surface area contributed by atoms with Crippen molar-refractivity contribution < 1.29 is 22.7 Å². The first kappa shape index (κ1) is 22.2. The van der Waals surface area contributed by atoms with Gasteiger partial charge in [-0.15, -0.1) is 0 Å². The van der Waals surface area contributed by atoms with Gasteiger partial charge in [-0.05, 0) is 49.3 Å². The van der Waals surface area contributed by atoms with Crippen molar-refractivity contribution in [2.24, 2.45) is 5.92 Å². The maximum atomic E-state index is 13.2. The van der Waals surface area contributed by atoms with Crippen LogP contribution >= 0.6 is 0 Å². The van der Waals surface area contributed by atoms with Crippen LogP contribution in [0.1, 0.15) is 37.2 Å². The minimum Gasteiger partial charge on any atom is -0.486 e. The Balaban J connectivity index is 1.17. The van der Waals surface area contributed by atoms with Crippen molar-refractivity contribution in [1.29, 1.82) is 0 Å². The number of sulfonamides is 1. The first-order valence-electron chi connectivity index (χ1n) is 11.8. The summed E-state index contributed by atoms with van der Waals surface area (Å²) >= 11 is 0. The van der Waals surface area contributed by atoms with Crippen molar-refractivity contribution in [3.63, 3.8) is 0 Å². The van der Waals surface area contributed by atoms with Crippen molar-refractivity contribution in [3.8, 4) is 11.5 Å². The molecule has 0 radical (unpaired) electrons. The van der Waals surface area contributed by atoms with E-state index in [0.717, 1.165) is 25.9 Å². The Bertz CT molecular complexity index is 1090. The van der Waals surface area contributed by atoms with Gasteiger partial charge < -0.3 is 14.4 Å². The zero-order valence-electron chi connectivity index (χ0n) is 18.7. The van der Waals surface area contributed by atoms with E-state index >= 15 is 0 Å². The van der Waals surface area contributed by atoms with Gasteiger partial charge in [0, 0.05) is 38.2 Å². The Hall–Kier alpha value is -2.58. The highest BCUT2D eigenvalue weighted by Crippen LogP contribution is 2.35. The molecule has 0 unspecified atom stereocenters. The van der Waals surface area contributed by atoms with Gasteiger partial charge in [0.1, 0.15) is 13.2 Å². The molecule has 5 rings (SSSR count). The molecule has 2 fully saturated rings. The summed E-state index contributed by atoms with van der Waals surface area (Å²) in [6.07, 6.45) is 3.07. The molecule has 0 bridgehead atoms. The number of nitrogens with zero attached hydrogens (tertiary/aromatic N) is 2. The molecule has 1 amide bonds. The summed E-state index contributed by atoms with van der Waals surface area (Å²) in [6, 6.07) is 15.3. The smallest absolute Gasteiger partial charge is 0.243 e. The normalized spacial score (nSPS) is 20.5. The fourth-order valence-electron chi connectivity index (χ4n) is 5.09. The maximum absolute atomic E-state index is 13.2. The van der Waals surface area contributed by atoms with E-state index in [1.807, 2.05) is 11.0 Å². The molecule has 0 saturated carbocycles. The zero-order chi connectivity index (χ0) is 22.8. The summed E-state index contributed by atoms with van der Waals surface area (Å²) in [6.45, 7) is 3.13. The maximum Gasteiger partial charge on any atom is 0.243 e. The largest absolute Gasteiger partial charge is 0.486 e. The average molecular weight is 471 g/mol. The first-order chi connectivity index (χ1) is 16.0. The van der Waals surface area contributed by atoms with Gasteiger partial charge >= 0.3 is 0 Å². The Labute approximate surface area is 195 Å². The molecular weight excluding hydrogens is 440 g/mol. The highest BCUT2D eigenvalue weighted by atomic mass is 32.2. The van der Waals surface area contributed by atoms with E-state index in [1.165, 1.54) is 15.9 Å². The average Bonchev–Trinajstić information content (AvgIpc) is 2.88. The van der Waals surface area contributed by atoms with Crippen molar-refractivity contribution in [2.45, 2.75) is 36.5 Å². The van der Waals surface area contributed by atoms with Crippen LogP contribution in [0, 0.1) is 5.92 Å². The molecule has 176 valence electrons. The van der Waals surface area contributed by atoms with Crippen LogP contribution in [0.5, 0.6) is 11.5 Å². The van der Waals surface area contributed by atoms with Crippen molar-refractivity contribution in [2.75, 3.05) is 39.4 Å². The second-order valence-corrected chi connectivity index (χ2v) is 10.9. The first-order valence-corrected chi connectivity index (χ1v) is 13.2. The lowest BCUT2D eigenvalue weighted by molar-refractivity contribution is -0.137. The summed E-state index contributed by atoms with van der Waals surface area (Å²) in [4.78, 5) is 15.3. The fraction of sp³-hybridized carbons (Fsp3) is 0.480. The number of ether oxygens (including phenoxy) is 2. The topological polar surface area (TPSA) is 76.2 Å². The number of fused-ring (bicyclic) bond motifs is 1.